The van der Waals surface area contributed by atoms with Crippen molar-refractivity contribution in [2.75, 3.05) is 0 Å². The first-order valence-electron chi connectivity index (χ1n) is 5.82. The number of aromatic nitrogens is 3. The van der Waals surface area contributed by atoms with Gasteiger partial charge in [-0.25, -0.2) is 9.48 Å². The van der Waals surface area contributed by atoms with E-state index in [0.29, 0.717) is 4.34 Å². The Morgan fingerprint density at radius 2 is 2.29 bits per heavy atom. The number of aromatic carboxylic acids is 1. The highest BCUT2D eigenvalue weighted by molar-refractivity contribution is 7.16. The van der Waals surface area contributed by atoms with Gasteiger partial charge in [0.05, 0.1) is 16.3 Å². The molecule has 0 saturated heterocycles. The van der Waals surface area contributed by atoms with Crippen LogP contribution in [0.4, 0.5) is 0 Å². The summed E-state index contributed by atoms with van der Waals surface area (Å²) in [4.78, 5) is 24.4. The first-order chi connectivity index (χ1) is 9.97. The molecule has 21 heavy (non-hydrogen) atoms. The highest BCUT2D eigenvalue weighted by Crippen LogP contribution is 2.22. The van der Waals surface area contributed by atoms with Gasteiger partial charge in [0.15, 0.2) is 11.2 Å². The van der Waals surface area contributed by atoms with Crippen LogP contribution in [0, 0.1) is 6.92 Å². The molecule has 0 atom stereocenters. The number of hydrogen-bond acceptors (Lipinski definition) is 6. The highest BCUT2D eigenvalue weighted by atomic mass is 35.5. The van der Waals surface area contributed by atoms with Crippen molar-refractivity contribution in [1.82, 2.24) is 14.9 Å². The van der Waals surface area contributed by atoms with Gasteiger partial charge in [-0.05, 0) is 19.1 Å². The van der Waals surface area contributed by atoms with Crippen molar-refractivity contribution >= 4 is 39.8 Å². The molecule has 0 fully saturated rings. The van der Waals surface area contributed by atoms with Gasteiger partial charge in [0.2, 0.25) is 0 Å². The quantitative estimate of drug-likeness (QED) is 0.792. The van der Waals surface area contributed by atoms with Gasteiger partial charge in [-0.2, -0.15) is 5.10 Å². The third-order valence-electron chi connectivity index (χ3n) is 2.89. The summed E-state index contributed by atoms with van der Waals surface area (Å²) in [6, 6.07) is 3.45. The fourth-order valence-electron chi connectivity index (χ4n) is 1.98. The summed E-state index contributed by atoms with van der Waals surface area (Å²) in [5.74, 6) is -0.998. The molecule has 0 radical (unpaired) electrons. The van der Waals surface area contributed by atoms with E-state index in [1.54, 1.807) is 12.1 Å². The first-order valence-corrected chi connectivity index (χ1v) is 7.01. The number of fused-ring (bicyclic) bond motifs is 1. The smallest absolute Gasteiger partial charge is 0.357 e. The van der Waals surface area contributed by atoms with Gasteiger partial charge in [0.25, 0.3) is 5.56 Å². The molecule has 7 nitrogen and oxygen atoms in total. The number of carboxylic acid groups (broad SMARTS) is 1. The van der Waals surface area contributed by atoms with E-state index in [1.165, 1.54) is 18.3 Å². The number of thiophene rings is 1. The van der Waals surface area contributed by atoms with Gasteiger partial charge in [0.1, 0.15) is 5.76 Å². The minimum Gasteiger partial charge on any atom is -0.476 e. The van der Waals surface area contributed by atoms with E-state index in [0.717, 1.165) is 9.56 Å². The Labute approximate surface area is 126 Å². The largest absolute Gasteiger partial charge is 0.476 e. The molecule has 0 saturated carbocycles. The Morgan fingerprint density at radius 1 is 1.52 bits per heavy atom. The second kappa shape index (κ2) is 4.97. The Kier molecular flexibility index (Phi) is 3.26. The third kappa shape index (κ3) is 2.32. The van der Waals surface area contributed by atoms with Gasteiger partial charge in [-0.1, -0.05) is 16.8 Å². The van der Waals surface area contributed by atoms with Gasteiger partial charge >= 0.3 is 5.97 Å². The summed E-state index contributed by atoms with van der Waals surface area (Å²) < 4.78 is 6.54. The molecule has 9 heteroatoms. The molecule has 0 bridgehead atoms. The van der Waals surface area contributed by atoms with Crippen LogP contribution in [0.5, 0.6) is 0 Å². The molecular formula is C12H8ClN3O4S. The van der Waals surface area contributed by atoms with Gasteiger partial charge in [-0.15, -0.1) is 11.3 Å². The molecule has 0 amide bonds. The van der Waals surface area contributed by atoms with Crippen LogP contribution in [-0.2, 0) is 6.54 Å². The molecule has 0 aliphatic rings. The van der Waals surface area contributed by atoms with E-state index >= 15 is 0 Å². The number of aryl methyl sites for hydroxylation is 1. The summed E-state index contributed by atoms with van der Waals surface area (Å²) in [5.41, 5.74) is -0.801. The first kappa shape index (κ1) is 13.8. The van der Waals surface area contributed by atoms with Crippen molar-refractivity contribution in [2.45, 2.75) is 13.5 Å². The lowest BCUT2D eigenvalue weighted by Gasteiger charge is -2.04. The van der Waals surface area contributed by atoms with Gasteiger partial charge in [-0.3, -0.25) is 4.79 Å². The minimum absolute atomic E-state index is 0.0393. The SMILES string of the molecule is Cc1onc2c(=O)n(Cc3ccc(Cl)s3)nc(C(=O)O)c12. The third-order valence-corrected chi connectivity index (χ3v) is 4.11. The maximum absolute atomic E-state index is 12.3. The molecule has 0 unspecified atom stereocenters. The number of nitrogens with zero attached hydrogens (tertiary/aromatic N) is 3. The number of carboxylic acids is 1. The van der Waals surface area contributed by atoms with E-state index in [2.05, 4.69) is 10.3 Å². The normalized spacial score (nSPS) is 11.1. The molecule has 3 aromatic heterocycles. The van der Waals surface area contributed by atoms with E-state index in [1.807, 2.05) is 0 Å². The van der Waals surface area contributed by atoms with Crippen LogP contribution >= 0.6 is 22.9 Å². The van der Waals surface area contributed by atoms with Crippen molar-refractivity contribution in [2.24, 2.45) is 0 Å². The molecular weight excluding hydrogens is 318 g/mol. The lowest BCUT2D eigenvalue weighted by Crippen LogP contribution is -2.26. The Morgan fingerprint density at radius 3 is 2.90 bits per heavy atom. The van der Waals surface area contributed by atoms with E-state index in [4.69, 9.17) is 16.1 Å². The fraction of sp³-hybridized carbons (Fsp3) is 0.167. The average Bonchev–Trinajstić information content (AvgIpc) is 3.00. The predicted molar refractivity (Wildman–Crippen MR) is 76.2 cm³/mol. The van der Waals surface area contributed by atoms with E-state index in [9.17, 15) is 14.7 Å². The summed E-state index contributed by atoms with van der Waals surface area (Å²) in [6.07, 6.45) is 0. The molecule has 3 rings (SSSR count). The van der Waals surface area contributed by atoms with Gasteiger partial charge < -0.3 is 9.63 Å². The summed E-state index contributed by atoms with van der Waals surface area (Å²) in [5, 5.41) is 16.9. The maximum atomic E-state index is 12.3. The highest BCUT2D eigenvalue weighted by Gasteiger charge is 2.22. The number of carbonyl (C=O) groups is 1. The molecule has 0 aliphatic carbocycles. The molecule has 0 aromatic carbocycles. The molecule has 108 valence electrons. The second-order valence-electron chi connectivity index (χ2n) is 4.28. The van der Waals surface area contributed by atoms with Crippen LogP contribution in [0.2, 0.25) is 4.34 Å². The predicted octanol–water partition coefficient (Wildman–Crippen LogP) is 2.15. The van der Waals surface area contributed by atoms with Crippen molar-refractivity contribution in [3.05, 3.63) is 43.2 Å². The number of hydrogen-bond donors (Lipinski definition) is 1. The lowest BCUT2D eigenvalue weighted by molar-refractivity contribution is 0.0690. The van der Waals surface area contributed by atoms with Crippen LogP contribution in [0.25, 0.3) is 10.9 Å². The average molecular weight is 326 g/mol. The van der Waals surface area contributed by atoms with Crippen molar-refractivity contribution in [3.63, 3.8) is 0 Å². The van der Waals surface area contributed by atoms with Gasteiger partial charge in [0, 0.05) is 4.88 Å². The van der Waals surface area contributed by atoms with Crippen molar-refractivity contribution in [1.29, 1.82) is 0 Å². The molecule has 3 aromatic rings. The molecule has 1 N–H and O–H groups in total. The number of rotatable bonds is 3. The zero-order valence-electron chi connectivity index (χ0n) is 10.7. The van der Waals surface area contributed by atoms with Crippen LogP contribution in [0.15, 0.2) is 21.5 Å². The summed E-state index contributed by atoms with van der Waals surface area (Å²) in [6.45, 7) is 1.66. The summed E-state index contributed by atoms with van der Waals surface area (Å²) in [7, 11) is 0. The van der Waals surface area contributed by atoms with E-state index < -0.39 is 11.5 Å². The van der Waals surface area contributed by atoms with Crippen LogP contribution in [0.3, 0.4) is 0 Å². The van der Waals surface area contributed by atoms with Crippen molar-refractivity contribution in [3.8, 4) is 0 Å². The molecule has 0 spiro atoms. The zero-order chi connectivity index (χ0) is 15.1. The second-order valence-corrected chi connectivity index (χ2v) is 6.08. The Balaban J connectivity index is 2.21. The zero-order valence-corrected chi connectivity index (χ0v) is 12.2. The molecule has 3 heterocycles. The molecule has 0 aliphatic heterocycles. The van der Waals surface area contributed by atoms with Crippen LogP contribution in [-0.4, -0.2) is 26.0 Å². The van der Waals surface area contributed by atoms with Crippen LogP contribution in [0.1, 0.15) is 21.1 Å². The van der Waals surface area contributed by atoms with Crippen molar-refractivity contribution < 1.29 is 14.4 Å². The lowest BCUT2D eigenvalue weighted by atomic mass is 10.2. The number of halogens is 1. The maximum Gasteiger partial charge on any atom is 0.357 e. The monoisotopic (exact) mass is 325 g/mol. The topological polar surface area (TPSA) is 98.2 Å². The minimum atomic E-state index is -1.25. The van der Waals surface area contributed by atoms with E-state index in [-0.39, 0.29) is 28.9 Å². The van der Waals surface area contributed by atoms with Crippen LogP contribution < -0.4 is 5.56 Å². The Hall–Kier alpha value is -2.19. The fourth-order valence-corrected chi connectivity index (χ4v) is 3.05. The Bertz CT molecular complexity index is 911. The summed E-state index contributed by atoms with van der Waals surface area (Å²) >= 11 is 7.13. The standard InChI is InChI=1S/C12H8ClN3O4S/c1-5-8-9(15-20-5)11(17)16(14-10(8)12(18)19)4-6-2-3-7(13)21-6/h2-3H,4H2,1H3,(H,18,19).